The van der Waals surface area contributed by atoms with Crippen molar-refractivity contribution >= 4 is 15.9 Å². The highest BCUT2D eigenvalue weighted by molar-refractivity contribution is 9.10. The Morgan fingerprint density at radius 3 is 3.18 bits per heavy atom. The molecule has 0 aromatic heterocycles. The van der Waals surface area contributed by atoms with Crippen LogP contribution in [0.15, 0.2) is 22.7 Å². The standard InChI is InChI=1S/C14H20BrNO/c1-2-17-10-4-9-16-14-8-7-11-12(14)5-3-6-13(11)15/h3,5-6,14,16H,2,4,7-10H2,1H3. The molecule has 1 unspecified atom stereocenters. The molecular weight excluding hydrogens is 278 g/mol. The fraction of sp³-hybridized carbons (Fsp3) is 0.571. The summed E-state index contributed by atoms with van der Waals surface area (Å²) in [6, 6.07) is 7.04. The van der Waals surface area contributed by atoms with Gasteiger partial charge in [-0.05, 0) is 49.9 Å². The summed E-state index contributed by atoms with van der Waals surface area (Å²) in [6.07, 6.45) is 3.49. The van der Waals surface area contributed by atoms with Crippen LogP contribution in [0.2, 0.25) is 0 Å². The van der Waals surface area contributed by atoms with Gasteiger partial charge in [0.2, 0.25) is 0 Å². The molecule has 3 heteroatoms. The zero-order valence-electron chi connectivity index (χ0n) is 10.3. The van der Waals surface area contributed by atoms with Gasteiger partial charge in [0.05, 0.1) is 0 Å². The summed E-state index contributed by atoms with van der Waals surface area (Å²) in [4.78, 5) is 0. The maximum atomic E-state index is 5.34. The Morgan fingerprint density at radius 2 is 2.35 bits per heavy atom. The van der Waals surface area contributed by atoms with Gasteiger partial charge in [-0.25, -0.2) is 0 Å². The average molecular weight is 298 g/mol. The highest BCUT2D eigenvalue weighted by Crippen LogP contribution is 2.35. The van der Waals surface area contributed by atoms with E-state index in [0.717, 1.165) is 26.2 Å². The van der Waals surface area contributed by atoms with Crippen molar-refractivity contribution in [2.75, 3.05) is 19.8 Å². The topological polar surface area (TPSA) is 21.3 Å². The second-order valence-electron chi connectivity index (χ2n) is 4.40. The van der Waals surface area contributed by atoms with Crippen molar-refractivity contribution < 1.29 is 4.74 Å². The fourth-order valence-electron chi connectivity index (χ4n) is 2.42. The van der Waals surface area contributed by atoms with Gasteiger partial charge in [0.15, 0.2) is 0 Å². The monoisotopic (exact) mass is 297 g/mol. The molecule has 0 saturated carbocycles. The molecule has 0 heterocycles. The molecule has 2 nitrogen and oxygen atoms in total. The molecule has 94 valence electrons. The van der Waals surface area contributed by atoms with E-state index in [1.807, 2.05) is 6.92 Å². The first kappa shape index (κ1) is 13.1. The molecule has 1 aliphatic rings. The van der Waals surface area contributed by atoms with Crippen molar-refractivity contribution in [2.24, 2.45) is 0 Å². The number of rotatable bonds is 6. The van der Waals surface area contributed by atoms with E-state index in [0.29, 0.717) is 6.04 Å². The Kier molecular flexibility index (Phi) is 5.01. The third-order valence-corrected chi connectivity index (χ3v) is 4.02. The van der Waals surface area contributed by atoms with Crippen molar-refractivity contribution in [3.8, 4) is 0 Å². The molecule has 0 saturated heterocycles. The molecule has 1 N–H and O–H groups in total. The van der Waals surface area contributed by atoms with Gasteiger partial charge in [0.25, 0.3) is 0 Å². The van der Waals surface area contributed by atoms with Crippen molar-refractivity contribution in [2.45, 2.75) is 32.2 Å². The highest BCUT2D eigenvalue weighted by atomic mass is 79.9. The van der Waals surface area contributed by atoms with Crippen LogP contribution in [0.1, 0.15) is 36.9 Å². The summed E-state index contributed by atoms with van der Waals surface area (Å²) in [7, 11) is 0. The van der Waals surface area contributed by atoms with Crippen LogP contribution in [0.3, 0.4) is 0 Å². The molecule has 0 fully saturated rings. The van der Waals surface area contributed by atoms with Gasteiger partial charge in [-0.15, -0.1) is 0 Å². The summed E-state index contributed by atoms with van der Waals surface area (Å²) in [6.45, 7) is 4.76. The summed E-state index contributed by atoms with van der Waals surface area (Å²) in [5.74, 6) is 0. The number of fused-ring (bicyclic) bond motifs is 1. The van der Waals surface area contributed by atoms with E-state index in [9.17, 15) is 0 Å². The van der Waals surface area contributed by atoms with Crippen LogP contribution < -0.4 is 5.32 Å². The van der Waals surface area contributed by atoms with E-state index < -0.39 is 0 Å². The lowest BCUT2D eigenvalue weighted by Crippen LogP contribution is -2.21. The van der Waals surface area contributed by atoms with E-state index >= 15 is 0 Å². The van der Waals surface area contributed by atoms with Gasteiger partial charge in [-0.1, -0.05) is 28.1 Å². The van der Waals surface area contributed by atoms with Crippen LogP contribution in [-0.4, -0.2) is 19.8 Å². The lowest BCUT2D eigenvalue weighted by molar-refractivity contribution is 0.144. The van der Waals surface area contributed by atoms with Gasteiger partial charge in [-0.3, -0.25) is 0 Å². The minimum absolute atomic E-state index is 0.532. The van der Waals surface area contributed by atoms with Crippen LogP contribution in [-0.2, 0) is 11.2 Å². The Morgan fingerprint density at radius 1 is 1.47 bits per heavy atom. The molecule has 1 atom stereocenters. The summed E-state index contributed by atoms with van der Waals surface area (Å²) >= 11 is 3.63. The van der Waals surface area contributed by atoms with Crippen LogP contribution in [0.25, 0.3) is 0 Å². The molecule has 1 aliphatic carbocycles. The molecule has 0 bridgehead atoms. The quantitative estimate of drug-likeness (QED) is 0.812. The second kappa shape index (κ2) is 6.53. The second-order valence-corrected chi connectivity index (χ2v) is 5.26. The fourth-order valence-corrected chi connectivity index (χ4v) is 3.00. The van der Waals surface area contributed by atoms with Crippen LogP contribution in [0.4, 0.5) is 0 Å². The first-order valence-corrected chi connectivity index (χ1v) is 7.20. The molecule has 1 aromatic rings. The Balaban J connectivity index is 1.83. The predicted octanol–water partition coefficient (Wildman–Crippen LogP) is 3.45. The first-order chi connectivity index (χ1) is 8.33. The molecule has 0 amide bonds. The van der Waals surface area contributed by atoms with E-state index in [4.69, 9.17) is 4.74 Å². The molecule has 17 heavy (non-hydrogen) atoms. The molecule has 0 spiro atoms. The van der Waals surface area contributed by atoms with Gasteiger partial charge < -0.3 is 10.1 Å². The third kappa shape index (κ3) is 3.30. The number of ether oxygens (including phenoxy) is 1. The van der Waals surface area contributed by atoms with Gasteiger partial charge in [-0.2, -0.15) is 0 Å². The maximum Gasteiger partial charge on any atom is 0.0477 e. The molecule has 0 aliphatic heterocycles. The van der Waals surface area contributed by atoms with E-state index in [1.165, 1.54) is 28.4 Å². The van der Waals surface area contributed by atoms with Crippen LogP contribution in [0, 0.1) is 0 Å². The smallest absolute Gasteiger partial charge is 0.0477 e. The Bertz CT molecular complexity index is 367. The van der Waals surface area contributed by atoms with Crippen molar-refractivity contribution in [1.82, 2.24) is 5.32 Å². The van der Waals surface area contributed by atoms with E-state index in [1.54, 1.807) is 0 Å². The molecule has 2 rings (SSSR count). The van der Waals surface area contributed by atoms with Crippen LogP contribution >= 0.6 is 15.9 Å². The molecule has 1 aromatic carbocycles. The summed E-state index contributed by atoms with van der Waals surface area (Å²) < 4.78 is 6.60. The molecule has 0 radical (unpaired) electrons. The zero-order valence-corrected chi connectivity index (χ0v) is 11.9. The van der Waals surface area contributed by atoms with E-state index in [2.05, 4.69) is 39.4 Å². The average Bonchev–Trinajstić information content (AvgIpc) is 2.74. The van der Waals surface area contributed by atoms with Crippen molar-refractivity contribution in [1.29, 1.82) is 0 Å². The molecular formula is C14H20BrNO. The minimum Gasteiger partial charge on any atom is -0.382 e. The van der Waals surface area contributed by atoms with Crippen molar-refractivity contribution in [3.63, 3.8) is 0 Å². The first-order valence-electron chi connectivity index (χ1n) is 6.41. The van der Waals surface area contributed by atoms with Gasteiger partial charge >= 0.3 is 0 Å². The van der Waals surface area contributed by atoms with Crippen LogP contribution in [0.5, 0.6) is 0 Å². The van der Waals surface area contributed by atoms with Gasteiger partial charge in [0, 0.05) is 23.7 Å². The number of hydrogen-bond donors (Lipinski definition) is 1. The van der Waals surface area contributed by atoms with Crippen molar-refractivity contribution in [3.05, 3.63) is 33.8 Å². The van der Waals surface area contributed by atoms with E-state index in [-0.39, 0.29) is 0 Å². The number of nitrogens with one attached hydrogen (secondary N) is 1. The van der Waals surface area contributed by atoms with Gasteiger partial charge in [0.1, 0.15) is 0 Å². The summed E-state index contributed by atoms with van der Waals surface area (Å²) in [5, 5.41) is 3.62. The Labute approximate surface area is 112 Å². The SMILES string of the molecule is CCOCCCNC1CCc2c(Br)cccc21. The number of hydrogen-bond acceptors (Lipinski definition) is 2. The largest absolute Gasteiger partial charge is 0.382 e. The minimum atomic E-state index is 0.532. The lowest BCUT2D eigenvalue weighted by atomic mass is 10.1. The maximum absolute atomic E-state index is 5.34. The summed E-state index contributed by atoms with van der Waals surface area (Å²) in [5.41, 5.74) is 2.95. The predicted molar refractivity (Wildman–Crippen MR) is 74.3 cm³/mol. The number of benzene rings is 1. The Hall–Kier alpha value is -0.380. The zero-order chi connectivity index (χ0) is 12.1. The normalized spacial score (nSPS) is 18.4. The third-order valence-electron chi connectivity index (χ3n) is 3.27. The lowest BCUT2D eigenvalue weighted by Gasteiger charge is -2.14. The highest BCUT2D eigenvalue weighted by Gasteiger charge is 2.22. The number of halogens is 1.